The van der Waals surface area contributed by atoms with Crippen LogP contribution in [0.25, 0.3) is 0 Å². The van der Waals surface area contributed by atoms with E-state index in [2.05, 4.69) is 39.5 Å². The maximum absolute atomic E-state index is 2.69. The van der Waals surface area contributed by atoms with E-state index in [-0.39, 0.29) is 0 Å². The Hall–Kier alpha value is -0.0400. The molecule has 13 heavy (non-hydrogen) atoms. The summed E-state index contributed by atoms with van der Waals surface area (Å²) in [7, 11) is 0. The molecule has 0 bridgehead atoms. The lowest BCUT2D eigenvalue weighted by Gasteiger charge is -2.27. The van der Waals surface area contributed by atoms with Crippen LogP contribution in [-0.2, 0) is 0 Å². The van der Waals surface area contributed by atoms with Gasteiger partial charge in [0.25, 0.3) is 0 Å². The molecule has 0 saturated carbocycles. The molecule has 1 heterocycles. The summed E-state index contributed by atoms with van der Waals surface area (Å²) in [6.07, 6.45) is 2.74. The first-order valence-electron chi connectivity index (χ1n) is 5.82. The molecule has 1 heteroatoms. The largest absolute Gasteiger partial charge is 0.298 e. The van der Waals surface area contributed by atoms with Crippen LogP contribution in [0.3, 0.4) is 0 Å². The minimum atomic E-state index is 0.730. The zero-order valence-electron chi connectivity index (χ0n) is 9.88. The molecule has 1 aliphatic heterocycles. The number of hydrogen-bond acceptors (Lipinski definition) is 1. The molecule has 1 aliphatic rings. The molecule has 78 valence electrons. The first kappa shape index (κ1) is 11.0. The van der Waals surface area contributed by atoms with E-state index in [9.17, 15) is 0 Å². The Morgan fingerprint density at radius 3 is 2.15 bits per heavy atom. The number of likely N-dealkylation sites (tertiary alicyclic amines) is 1. The van der Waals surface area contributed by atoms with Crippen LogP contribution in [0.4, 0.5) is 0 Å². The van der Waals surface area contributed by atoms with Crippen LogP contribution in [0.15, 0.2) is 0 Å². The van der Waals surface area contributed by atoms with Gasteiger partial charge in [-0.2, -0.15) is 0 Å². The van der Waals surface area contributed by atoms with Gasteiger partial charge in [0.1, 0.15) is 0 Å². The lowest BCUT2D eigenvalue weighted by atomic mass is 9.93. The maximum Gasteiger partial charge on any atom is 0.00986 e. The van der Waals surface area contributed by atoms with E-state index in [1.807, 2.05) is 0 Å². The summed E-state index contributed by atoms with van der Waals surface area (Å²) in [4.78, 5) is 2.69. The standard InChI is InChI=1S/C12H25N/c1-6-12-7-11(9(2)3)8-13(12)10(4)5/h9-12H,6-8H2,1-5H3. The number of hydrogen-bond donors (Lipinski definition) is 0. The quantitative estimate of drug-likeness (QED) is 0.649. The van der Waals surface area contributed by atoms with Crippen molar-refractivity contribution in [1.82, 2.24) is 4.90 Å². The van der Waals surface area contributed by atoms with Gasteiger partial charge in [0.2, 0.25) is 0 Å². The first-order valence-corrected chi connectivity index (χ1v) is 5.82. The van der Waals surface area contributed by atoms with Gasteiger partial charge >= 0.3 is 0 Å². The second-order valence-electron chi connectivity index (χ2n) is 5.09. The smallest absolute Gasteiger partial charge is 0.00986 e. The van der Waals surface area contributed by atoms with Crippen LogP contribution < -0.4 is 0 Å². The zero-order chi connectivity index (χ0) is 10.0. The average molecular weight is 183 g/mol. The molecule has 0 N–H and O–H groups in total. The molecule has 2 atom stereocenters. The van der Waals surface area contributed by atoms with Gasteiger partial charge in [-0.15, -0.1) is 0 Å². The Balaban J connectivity index is 2.56. The lowest BCUT2D eigenvalue weighted by molar-refractivity contribution is 0.193. The lowest BCUT2D eigenvalue weighted by Crippen LogP contribution is -2.35. The Bertz CT molecular complexity index is 151. The molecule has 0 aromatic rings. The molecule has 0 aromatic carbocycles. The van der Waals surface area contributed by atoms with Crippen molar-refractivity contribution in [2.75, 3.05) is 6.54 Å². The van der Waals surface area contributed by atoms with Gasteiger partial charge in [-0.3, -0.25) is 4.90 Å². The minimum Gasteiger partial charge on any atom is -0.298 e. The van der Waals surface area contributed by atoms with Gasteiger partial charge in [-0.25, -0.2) is 0 Å². The van der Waals surface area contributed by atoms with Gasteiger partial charge < -0.3 is 0 Å². The van der Waals surface area contributed by atoms with E-state index in [4.69, 9.17) is 0 Å². The number of rotatable bonds is 3. The Labute approximate surface area is 83.5 Å². The third-order valence-electron chi connectivity index (χ3n) is 3.57. The Morgan fingerprint density at radius 1 is 1.23 bits per heavy atom. The molecule has 1 saturated heterocycles. The van der Waals surface area contributed by atoms with Gasteiger partial charge in [-0.05, 0) is 38.5 Å². The SMILES string of the molecule is CCC1CC(C(C)C)CN1C(C)C. The van der Waals surface area contributed by atoms with E-state index in [1.165, 1.54) is 19.4 Å². The second kappa shape index (κ2) is 4.45. The zero-order valence-corrected chi connectivity index (χ0v) is 9.88. The fourth-order valence-corrected chi connectivity index (χ4v) is 2.50. The van der Waals surface area contributed by atoms with E-state index >= 15 is 0 Å². The van der Waals surface area contributed by atoms with Crippen molar-refractivity contribution in [3.8, 4) is 0 Å². The fourth-order valence-electron chi connectivity index (χ4n) is 2.50. The monoisotopic (exact) mass is 183 g/mol. The molecular formula is C12H25N. The molecule has 0 radical (unpaired) electrons. The van der Waals surface area contributed by atoms with Crippen molar-refractivity contribution < 1.29 is 0 Å². The topological polar surface area (TPSA) is 3.24 Å². The van der Waals surface area contributed by atoms with Crippen LogP contribution in [0, 0.1) is 11.8 Å². The van der Waals surface area contributed by atoms with Crippen molar-refractivity contribution in [3.63, 3.8) is 0 Å². The maximum atomic E-state index is 2.69. The molecule has 0 aliphatic carbocycles. The summed E-state index contributed by atoms with van der Waals surface area (Å²) in [5.41, 5.74) is 0. The van der Waals surface area contributed by atoms with Gasteiger partial charge in [-0.1, -0.05) is 20.8 Å². The minimum absolute atomic E-state index is 0.730. The van der Waals surface area contributed by atoms with Crippen LogP contribution >= 0.6 is 0 Å². The third-order valence-corrected chi connectivity index (χ3v) is 3.57. The van der Waals surface area contributed by atoms with E-state index in [0.29, 0.717) is 0 Å². The van der Waals surface area contributed by atoms with E-state index in [1.54, 1.807) is 0 Å². The molecule has 0 spiro atoms. The van der Waals surface area contributed by atoms with Crippen molar-refractivity contribution >= 4 is 0 Å². The average Bonchev–Trinajstić information content (AvgIpc) is 2.47. The molecule has 2 unspecified atom stereocenters. The highest BCUT2D eigenvalue weighted by atomic mass is 15.2. The Kier molecular flexibility index (Phi) is 3.78. The molecule has 0 amide bonds. The van der Waals surface area contributed by atoms with Crippen molar-refractivity contribution in [2.24, 2.45) is 11.8 Å². The summed E-state index contributed by atoms with van der Waals surface area (Å²) < 4.78 is 0. The highest BCUT2D eigenvalue weighted by Crippen LogP contribution is 2.31. The molecule has 1 nitrogen and oxygen atoms in total. The van der Waals surface area contributed by atoms with Crippen LogP contribution in [0.2, 0.25) is 0 Å². The van der Waals surface area contributed by atoms with Crippen molar-refractivity contribution in [2.45, 2.75) is 59.5 Å². The van der Waals surface area contributed by atoms with E-state index in [0.717, 1.165) is 23.9 Å². The Morgan fingerprint density at radius 2 is 1.85 bits per heavy atom. The number of nitrogens with zero attached hydrogens (tertiary/aromatic N) is 1. The second-order valence-corrected chi connectivity index (χ2v) is 5.09. The van der Waals surface area contributed by atoms with Crippen molar-refractivity contribution in [3.05, 3.63) is 0 Å². The highest BCUT2D eigenvalue weighted by Gasteiger charge is 2.33. The molecule has 1 rings (SSSR count). The van der Waals surface area contributed by atoms with Gasteiger partial charge in [0.05, 0.1) is 0 Å². The molecular weight excluding hydrogens is 158 g/mol. The van der Waals surface area contributed by atoms with Crippen LogP contribution in [0.1, 0.15) is 47.5 Å². The van der Waals surface area contributed by atoms with E-state index < -0.39 is 0 Å². The summed E-state index contributed by atoms with van der Waals surface area (Å²) in [5, 5.41) is 0. The fraction of sp³-hybridized carbons (Fsp3) is 1.00. The molecule has 1 fully saturated rings. The predicted molar refractivity (Wildman–Crippen MR) is 58.9 cm³/mol. The third kappa shape index (κ3) is 2.46. The highest BCUT2D eigenvalue weighted by molar-refractivity contribution is 4.87. The van der Waals surface area contributed by atoms with Gasteiger partial charge in [0.15, 0.2) is 0 Å². The van der Waals surface area contributed by atoms with Crippen molar-refractivity contribution in [1.29, 1.82) is 0 Å². The summed E-state index contributed by atoms with van der Waals surface area (Å²) in [6.45, 7) is 13.0. The summed E-state index contributed by atoms with van der Waals surface area (Å²) >= 11 is 0. The van der Waals surface area contributed by atoms with Crippen LogP contribution in [0.5, 0.6) is 0 Å². The summed E-state index contributed by atoms with van der Waals surface area (Å²) in [6, 6.07) is 1.58. The normalized spacial score (nSPS) is 30.7. The predicted octanol–water partition coefficient (Wildman–Crippen LogP) is 3.15. The molecule has 0 aromatic heterocycles. The van der Waals surface area contributed by atoms with Gasteiger partial charge in [0, 0.05) is 18.6 Å². The first-order chi connectivity index (χ1) is 6.06. The summed E-state index contributed by atoms with van der Waals surface area (Å²) in [5.74, 6) is 1.80. The van der Waals surface area contributed by atoms with Crippen LogP contribution in [-0.4, -0.2) is 23.5 Å².